The van der Waals surface area contributed by atoms with E-state index in [9.17, 15) is 4.79 Å². The number of quaternary nitrogens is 1. The number of rotatable bonds is 4. The standard InChI is InChI=1S/C14H22N2O/c1-14(2,3)12-7-5-11(6-8-12)9-16(4)10-13(15)17/h5-8H,9-10H2,1-4H3,(H2,15,17)/p+1. The predicted molar refractivity (Wildman–Crippen MR) is 69.8 cm³/mol. The summed E-state index contributed by atoms with van der Waals surface area (Å²) in [4.78, 5) is 11.9. The van der Waals surface area contributed by atoms with E-state index < -0.39 is 0 Å². The third kappa shape index (κ3) is 4.57. The van der Waals surface area contributed by atoms with Crippen LogP contribution in [0.15, 0.2) is 24.3 Å². The number of carbonyl (C=O) groups is 1. The van der Waals surface area contributed by atoms with E-state index in [0.29, 0.717) is 6.54 Å². The lowest BCUT2D eigenvalue weighted by Crippen LogP contribution is -3.08. The van der Waals surface area contributed by atoms with Crippen LogP contribution >= 0.6 is 0 Å². The van der Waals surface area contributed by atoms with Crippen molar-refractivity contribution in [2.24, 2.45) is 5.73 Å². The minimum absolute atomic E-state index is 0.185. The first-order chi connectivity index (χ1) is 7.79. The lowest BCUT2D eigenvalue weighted by molar-refractivity contribution is -0.885. The second kappa shape index (κ2) is 5.32. The van der Waals surface area contributed by atoms with Crippen LogP contribution in [0.25, 0.3) is 0 Å². The third-order valence-corrected chi connectivity index (χ3v) is 2.80. The lowest BCUT2D eigenvalue weighted by atomic mass is 9.87. The summed E-state index contributed by atoms with van der Waals surface area (Å²) in [6.07, 6.45) is 0. The molecule has 94 valence electrons. The highest BCUT2D eigenvalue weighted by Gasteiger charge is 2.13. The maximum atomic E-state index is 10.8. The van der Waals surface area contributed by atoms with Crippen molar-refractivity contribution in [1.82, 2.24) is 0 Å². The molecule has 3 N–H and O–H groups in total. The van der Waals surface area contributed by atoms with Gasteiger partial charge in [-0.2, -0.15) is 0 Å². The van der Waals surface area contributed by atoms with Crippen molar-refractivity contribution in [2.75, 3.05) is 13.6 Å². The molecule has 0 saturated heterocycles. The monoisotopic (exact) mass is 235 g/mol. The SMILES string of the molecule is C[NH+](CC(N)=O)Cc1ccc(C(C)(C)C)cc1. The largest absolute Gasteiger partial charge is 0.365 e. The first kappa shape index (κ1) is 13.7. The quantitative estimate of drug-likeness (QED) is 0.783. The maximum absolute atomic E-state index is 10.8. The van der Waals surface area contributed by atoms with Crippen LogP contribution < -0.4 is 10.6 Å². The molecule has 0 aliphatic rings. The molecule has 1 aromatic carbocycles. The van der Waals surface area contributed by atoms with Crippen LogP contribution in [0.5, 0.6) is 0 Å². The Hall–Kier alpha value is -1.35. The predicted octanol–water partition coefficient (Wildman–Crippen LogP) is 0.484. The van der Waals surface area contributed by atoms with E-state index in [4.69, 9.17) is 5.73 Å². The molecule has 0 aliphatic heterocycles. The molecular weight excluding hydrogens is 212 g/mol. The van der Waals surface area contributed by atoms with Crippen LogP contribution in [-0.4, -0.2) is 19.5 Å². The normalized spacial score (nSPS) is 13.4. The summed E-state index contributed by atoms with van der Waals surface area (Å²) in [5.41, 5.74) is 7.91. The molecule has 0 aromatic heterocycles. The van der Waals surface area contributed by atoms with E-state index in [1.165, 1.54) is 11.1 Å². The molecule has 0 aliphatic carbocycles. The van der Waals surface area contributed by atoms with Crippen molar-refractivity contribution in [3.8, 4) is 0 Å². The number of benzene rings is 1. The molecule has 17 heavy (non-hydrogen) atoms. The maximum Gasteiger partial charge on any atom is 0.272 e. The summed E-state index contributed by atoms with van der Waals surface area (Å²) in [7, 11) is 1.97. The van der Waals surface area contributed by atoms with Gasteiger partial charge in [0.2, 0.25) is 0 Å². The van der Waals surface area contributed by atoms with E-state index >= 15 is 0 Å². The Labute approximate surface area is 104 Å². The Morgan fingerprint density at radius 3 is 2.18 bits per heavy atom. The van der Waals surface area contributed by atoms with Crippen molar-refractivity contribution < 1.29 is 9.69 Å². The van der Waals surface area contributed by atoms with Crippen molar-refractivity contribution in [2.45, 2.75) is 32.7 Å². The molecule has 1 rings (SSSR count). The molecule has 1 amide bonds. The van der Waals surface area contributed by atoms with Crippen molar-refractivity contribution in [3.05, 3.63) is 35.4 Å². The molecule has 0 spiro atoms. The average Bonchev–Trinajstić information content (AvgIpc) is 2.15. The van der Waals surface area contributed by atoms with Gasteiger partial charge in [0, 0.05) is 5.56 Å². The van der Waals surface area contributed by atoms with Gasteiger partial charge in [-0.1, -0.05) is 45.0 Å². The molecule has 0 saturated carbocycles. The first-order valence-corrected chi connectivity index (χ1v) is 5.98. The highest BCUT2D eigenvalue weighted by molar-refractivity contribution is 5.74. The topological polar surface area (TPSA) is 47.5 Å². The van der Waals surface area contributed by atoms with E-state index in [1.807, 2.05) is 7.05 Å². The summed E-state index contributed by atoms with van der Waals surface area (Å²) in [5, 5.41) is 0. The van der Waals surface area contributed by atoms with Crippen molar-refractivity contribution >= 4 is 5.91 Å². The fourth-order valence-electron chi connectivity index (χ4n) is 1.83. The Balaban J connectivity index is 2.66. The second-order valence-electron chi connectivity index (χ2n) is 5.72. The van der Waals surface area contributed by atoms with Crippen LogP contribution in [0.3, 0.4) is 0 Å². The summed E-state index contributed by atoms with van der Waals surface area (Å²) in [6, 6.07) is 8.58. The molecule has 1 atom stereocenters. The molecule has 3 heteroatoms. The first-order valence-electron chi connectivity index (χ1n) is 5.98. The Kier molecular flexibility index (Phi) is 4.29. The van der Waals surface area contributed by atoms with Gasteiger partial charge in [0.1, 0.15) is 6.54 Å². The minimum atomic E-state index is -0.256. The van der Waals surface area contributed by atoms with Crippen LogP contribution in [0.2, 0.25) is 0 Å². The summed E-state index contributed by atoms with van der Waals surface area (Å²) in [5.74, 6) is -0.256. The molecule has 0 heterocycles. The van der Waals surface area contributed by atoms with E-state index in [-0.39, 0.29) is 11.3 Å². The highest BCUT2D eigenvalue weighted by atomic mass is 16.1. The molecule has 3 nitrogen and oxygen atoms in total. The number of hydrogen-bond acceptors (Lipinski definition) is 1. The minimum Gasteiger partial charge on any atom is -0.365 e. The van der Waals surface area contributed by atoms with Gasteiger partial charge in [0.15, 0.2) is 6.54 Å². The van der Waals surface area contributed by atoms with Gasteiger partial charge >= 0.3 is 0 Å². The van der Waals surface area contributed by atoms with E-state index in [2.05, 4.69) is 45.0 Å². The number of hydrogen-bond donors (Lipinski definition) is 2. The van der Waals surface area contributed by atoms with Gasteiger partial charge in [-0.05, 0) is 11.0 Å². The Morgan fingerprint density at radius 1 is 1.24 bits per heavy atom. The third-order valence-electron chi connectivity index (χ3n) is 2.80. The zero-order valence-electron chi connectivity index (χ0n) is 11.2. The van der Waals surface area contributed by atoms with Gasteiger partial charge < -0.3 is 10.6 Å². The van der Waals surface area contributed by atoms with E-state index in [1.54, 1.807) is 0 Å². The smallest absolute Gasteiger partial charge is 0.272 e. The number of amides is 1. The summed E-state index contributed by atoms with van der Waals surface area (Å²) < 4.78 is 0. The number of primary amides is 1. The molecule has 1 aromatic rings. The number of nitrogens with one attached hydrogen (secondary N) is 1. The van der Waals surface area contributed by atoms with Crippen LogP contribution in [-0.2, 0) is 16.8 Å². The average molecular weight is 235 g/mol. The molecule has 0 radical (unpaired) electrons. The van der Waals surface area contributed by atoms with Crippen molar-refractivity contribution in [1.29, 1.82) is 0 Å². The van der Waals surface area contributed by atoms with Crippen LogP contribution in [0.1, 0.15) is 31.9 Å². The van der Waals surface area contributed by atoms with Crippen molar-refractivity contribution in [3.63, 3.8) is 0 Å². The summed E-state index contributed by atoms with van der Waals surface area (Å²) in [6.45, 7) is 7.81. The van der Waals surface area contributed by atoms with E-state index in [0.717, 1.165) is 11.4 Å². The fraction of sp³-hybridized carbons (Fsp3) is 0.500. The van der Waals surface area contributed by atoms with Gasteiger partial charge in [-0.25, -0.2) is 0 Å². The molecule has 0 fully saturated rings. The van der Waals surface area contributed by atoms with Crippen LogP contribution in [0.4, 0.5) is 0 Å². The Bertz CT molecular complexity index is 376. The van der Waals surface area contributed by atoms with Gasteiger partial charge in [-0.15, -0.1) is 0 Å². The second-order valence-corrected chi connectivity index (χ2v) is 5.72. The Morgan fingerprint density at radius 2 is 1.76 bits per heavy atom. The summed E-state index contributed by atoms with van der Waals surface area (Å²) >= 11 is 0. The molecule has 1 unspecified atom stereocenters. The zero-order valence-corrected chi connectivity index (χ0v) is 11.2. The lowest BCUT2D eigenvalue weighted by Gasteiger charge is -2.19. The van der Waals surface area contributed by atoms with Gasteiger partial charge in [0.25, 0.3) is 5.91 Å². The molecule has 0 bridgehead atoms. The van der Waals surface area contributed by atoms with Crippen LogP contribution in [0, 0.1) is 0 Å². The highest BCUT2D eigenvalue weighted by Crippen LogP contribution is 2.21. The number of nitrogens with two attached hydrogens (primary N) is 1. The fourth-order valence-corrected chi connectivity index (χ4v) is 1.83. The molecular formula is C14H23N2O+. The number of carbonyl (C=O) groups excluding carboxylic acids is 1. The number of likely N-dealkylation sites (N-methyl/N-ethyl adjacent to an activating group) is 1. The zero-order chi connectivity index (χ0) is 13.1. The van der Waals surface area contributed by atoms with Gasteiger partial charge in [0.05, 0.1) is 7.05 Å². The van der Waals surface area contributed by atoms with Gasteiger partial charge in [-0.3, -0.25) is 4.79 Å².